The lowest BCUT2D eigenvalue weighted by molar-refractivity contribution is -0.199. The Bertz CT molecular complexity index is 881. The summed E-state index contributed by atoms with van der Waals surface area (Å²) in [5, 5.41) is 4.72. The van der Waals surface area contributed by atoms with Crippen molar-refractivity contribution in [1.29, 1.82) is 0 Å². The van der Waals surface area contributed by atoms with E-state index in [2.05, 4.69) is 15.4 Å². The van der Waals surface area contributed by atoms with Gasteiger partial charge in [-0.15, -0.1) is 11.8 Å². The highest BCUT2D eigenvalue weighted by atomic mass is 35.5. The Hall–Kier alpha value is -2.39. The van der Waals surface area contributed by atoms with Crippen molar-refractivity contribution in [1.82, 2.24) is 0 Å². The van der Waals surface area contributed by atoms with Gasteiger partial charge < -0.3 is 15.4 Å². The van der Waals surface area contributed by atoms with Crippen LogP contribution in [0.1, 0.15) is 6.42 Å². The maximum atomic E-state index is 13.1. The van der Waals surface area contributed by atoms with Gasteiger partial charge in [0.25, 0.3) is 5.63 Å². The van der Waals surface area contributed by atoms with E-state index in [0.29, 0.717) is 11.4 Å². The zero-order valence-electron chi connectivity index (χ0n) is 14.1. The second-order valence-electron chi connectivity index (χ2n) is 5.83. The summed E-state index contributed by atoms with van der Waals surface area (Å²) in [6.45, 7) is 0. The number of fused-ring (bicyclic) bond motifs is 1. The van der Waals surface area contributed by atoms with Crippen LogP contribution in [0, 0.1) is 0 Å². The molecular formula is C18H14ClF3N2O3S. The lowest BCUT2D eigenvalue weighted by Crippen LogP contribution is -2.32. The Morgan fingerprint density at radius 1 is 1.25 bits per heavy atom. The molecule has 0 spiro atoms. The predicted octanol–water partition coefficient (Wildman–Crippen LogP) is 4.63. The van der Waals surface area contributed by atoms with Crippen LogP contribution in [-0.2, 0) is 9.59 Å². The van der Waals surface area contributed by atoms with Crippen LogP contribution in [0.3, 0.4) is 0 Å². The number of carbonyl (C=O) groups is 2. The average Bonchev–Trinajstić information content (AvgIpc) is 2.63. The van der Waals surface area contributed by atoms with E-state index in [9.17, 15) is 22.8 Å². The van der Waals surface area contributed by atoms with Gasteiger partial charge in [0.2, 0.25) is 11.8 Å². The summed E-state index contributed by atoms with van der Waals surface area (Å²) in [7, 11) is 0. The molecular weight excluding hydrogens is 417 g/mol. The number of benzene rings is 2. The van der Waals surface area contributed by atoms with Crippen molar-refractivity contribution in [2.75, 3.05) is 10.6 Å². The Balaban J connectivity index is 1.57. The van der Waals surface area contributed by atoms with Crippen LogP contribution in [0.25, 0.3) is 0 Å². The summed E-state index contributed by atoms with van der Waals surface area (Å²) in [4.78, 5) is 25.2. The number of para-hydroxylation sites is 1. The molecule has 1 aliphatic rings. The van der Waals surface area contributed by atoms with Gasteiger partial charge >= 0.3 is 6.11 Å². The highest BCUT2D eigenvalue weighted by Gasteiger charge is 2.42. The summed E-state index contributed by atoms with van der Waals surface area (Å²) >= 11 is 6.01. The number of ether oxygens (including phenoxy) is 1. The zero-order valence-corrected chi connectivity index (χ0v) is 15.7. The molecule has 2 aromatic carbocycles. The second-order valence-corrected chi connectivity index (χ2v) is 7.46. The van der Waals surface area contributed by atoms with Crippen molar-refractivity contribution in [3.05, 3.63) is 48.5 Å². The molecule has 2 amide bonds. The van der Waals surface area contributed by atoms with Gasteiger partial charge in [0, 0.05) is 17.0 Å². The van der Waals surface area contributed by atoms with Gasteiger partial charge in [-0.2, -0.15) is 8.78 Å². The van der Waals surface area contributed by atoms with E-state index >= 15 is 0 Å². The first kappa shape index (κ1) is 20.3. The Morgan fingerprint density at radius 3 is 2.61 bits per heavy atom. The predicted molar refractivity (Wildman–Crippen MR) is 101 cm³/mol. The highest BCUT2D eigenvalue weighted by molar-refractivity contribution is 8.01. The van der Waals surface area contributed by atoms with Gasteiger partial charge in [-0.3, -0.25) is 9.59 Å². The number of anilines is 2. The van der Waals surface area contributed by atoms with Gasteiger partial charge in [-0.25, -0.2) is 4.39 Å². The molecule has 0 bridgehead atoms. The van der Waals surface area contributed by atoms with Crippen LogP contribution >= 0.6 is 23.4 Å². The number of hydrogen-bond acceptors (Lipinski definition) is 4. The van der Waals surface area contributed by atoms with Gasteiger partial charge in [0.05, 0.1) is 10.9 Å². The van der Waals surface area contributed by atoms with Crippen molar-refractivity contribution in [2.24, 2.45) is 0 Å². The van der Waals surface area contributed by atoms with E-state index in [1.807, 2.05) is 12.1 Å². The van der Waals surface area contributed by atoms with Crippen molar-refractivity contribution < 1.29 is 27.5 Å². The minimum absolute atomic E-state index is 0.0725. The number of amides is 2. The minimum Gasteiger partial charge on any atom is -0.429 e. The maximum Gasteiger partial charge on any atom is 0.444 e. The number of hydrogen-bond donors (Lipinski definition) is 2. The average molecular weight is 431 g/mol. The highest BCUT2D eigenvalue weighted by Crippen LogP contribution is 2.36. The molecule has 0 saturated heterocycles. The fraction of sp³-hybridized carbons (Fsp3) is 0.222. The molecule has 148 valence electrons. The standard InChI is InChI=1S/C18H14ClF3N2O3S/c19-17(20)18(21,22)27-11-7-5-10(6-8-11)23-15(25)9-14-16(26)24-12-3-1-2-4-13(12)28-14/h1-8,14,17H,9H2,(H,23,25)(H,24,26)/t14-,17+/m0/s1. The third kappa shape index (κ3) is 4.90. The summed E-state index contributed by atoms with van der Waals surface area (Å²) < 4.78 is 43.0. The smallest absolute Gasteiger partial charge is 0.429 e. The number of rotatable bonds is 6. The van der Waals surface area contributed by atoms with Gasteiger partial charge in [0.1, 0.15) is 5.75 Å². The first-order valence-electron chi connectivity index (χ1n) is 8.06. The molecule has 1 heterocycles. The largest absolute Gasteiger partial charge is 0.444 e. The molecule has 1 aliphatic heterocycles. The molecule has 3 rings (SSSR count). The summed E-state index contributed by atoms with van der Waals surface area (Å²) in [6, 6.07) is 12.2. The molecule has 0 fully saturated rings. The van der Waals surface area contributed by atoms with Gasteiger partial charge in [-0.1, -0.05) is 23.7 Å². The van der Waals surface area contributed by atoms with Crippen molar-refractivity contribution in [2.45, 2.75) is 28.3 Å². The summed E-state index contributed by atoms with van der Waals surface area (Å²) in [5.41, 5.74) is -1.98. The molecule has 28 heavy (non-hydrogen) atoms. The first-order chi connectivity index (χ1) is 13.2. The summed E-state index contributed by atoms with van der Waals surface area (Å²) in [6.07, 6.45) is -4.24. The van der Waals surface area contributed by atoms with Crippen LogP contribution in [0.5, 0.6) is 5.75 Å². The lowest BCUT2D eigenvalue weighted by atomic mass is 10.2. The summed E-state index contributed by atoms with van der Waals surface area (Å²) in [5.74, 6) is -1.01. The third-order valence-corrected chi connectivity index (χ3v) is 5.25. The molecule has 0 radical (unpaired) electrons. The zero-order chi connectivity index (χ0) is 20.3. The molecule has 5 nitrogen and oxygen atoms in total. The number of halogens is 4. The molecule has 10 heteroatoms. The molecule has 0 saturated carbocycles. The fourth-order valence-electron chi connectivity index (χ4n) is 2.42. The van der Waals surface area contributed by atoms with Crippen molar-refractivity contribution >= 4 is 46.6 Å². The molecule has 0 aromatic heterocycles. The van der Waals surface area contributed by atoms with Crippen LogP contribution in [0.15, 0.2) is 53.4 Å². The number of carbonyl (C=O) groups excluding carboxylic acids is 2. The molecule has 2 aromatic rings. The van der Waals surface area contributed by atoms with Crippen molar-refractivity contribution in [3.8, 4) is 5.75 Å². The fourth-order valence-corrected chi connectivity index (χ4v) is 3.57. The van der Waals surface area contributed by atoms with Crippen LogP contribution in [-0.4, -0.2) is 28.8 Å². The molecule has 0 unspecified atom stereocenters. The number of thioether (sulfide) groups is 1. The Morgan fingerprint density at radius 2 is 1.93 bits per heavy atom. The third-order valence-electron chi connectivity index (χ3n) is 3.72. The van der Waals surface area contributed by atoms with E-state index < -0.39 is 22.9 Å². The van der Waals surface area contributed by atoms with Gasteiger partial charge in [-0.05, 0) is 36.4 Å². The van der Waals surface area contributed by atoms with Crippen LogP contribution in [0.2, 0.25) is 0 Å². The molecule has 2 atom stereocenters. The molecule has 2 N–H and O–H groups in total. The van der Waals surface area contributed by atoms with Gasteiger partial charge in [0.15, 0.2) is 0 Å². The lowest BCUT2D eigenvalue weighted by Gasteiger charge is -2.23. The quantitative estimate of drug-likeness (QED) is 0.655. The number of alkyl halides is 4. The van der Waals surface area contributed by atoms with E-state index in [-0.39, 0.29) is 18.1 Å². The monoisotopic (exact) mass is 430 g/mol. The maximum absolute atomic E-state index is 13.1. The SMILES string of the molecule is O=C(C[C@@H]1Sc2ccccc2NC1=O)Nc1ccc(OC(F)(F)[C@@H](F)Cl)cc1. The van der Waals surface area contributed by atoms with Crippen LogP contribution < -0.4 is 15.4 Å². The normalized spacial score (nSPS) is 17.3. The van der Waals surface area contributed by atoms with E-state index in [1.165, 1.54) is 23.9 Å². The van der Waals surface area contributed by atoms with E-state index in [1.54, 1.807) is 12.1 Å². The Labute approximate surface area is 167 Å². The second kappa shape index (κ2) is 8.32. The van der Waals surface area contributed by atoms with Crippen molar-refractivity contribution in [3.63, 3.8) is 0 Å². The Kier molecular flexibility index (Phi) is 6.04. The van der Waals surface area contributed by atoms with E-state index in [4.69, 9.17) is 11.6 Å². The number of nitrogens with one attached hydrogen (secondary N) is 2. The van der Waals surface area contributed by atoms with E-state index in [0.717, 1.165) is 17.0 Å². The van der Waals surface area contributed by atoms with Crippen LogP contribution in [0.4, 0.5) is 24.5 Å². The topological polar surface area (TPSA) is 67.4 Å². The first-order valence-corrected chi connectivity index (χ1v) is 9.37. The minimum atomic E-state index is -4.17. The molecule has 0 aliphatic carbocycles.